The van der Waals surface area contributed by atoms with Crippen LogP contribution in [0.1, 0.15) is 19.4 Å². The van der Waals surface area contributed by atoms with Crippen molar-refractivity contribution in [3.8, 4) is 5.75 Å². The van der Waals surface area contributed by atoms with Gasteiger partial charge in [-0.25, -0.2) is 4.79 Å². The molecule has 0 aliphatic carbocycles. The van der Waals surface area contributed by atoms with E-state index in [0.717, 1.165) is 17.7 Å². The summed E-state index contributed by atoms with van der Waals surface area (Å²) in [5, 5.41) is 5.25. The van der Waals surface area contributed by atoms with Crippen LogP contribution < -0.4 is 15.4 Å². The minimum absolute atomic E-state index is 0.196. The van der Waals surface area contributed by atoms with Crippen molar-refractivity contribution in [1.29, 1.82) is 0 Å². The van der Waals surface area contributed by atoms with Gasteiger partial charge in [-0.15, -0.1) is 13.2 Å². The summed E-state index contributed by atoms with van der Waals surface area (Å²) in [4.78, 5) is 29.7. The van der Waals surface area contributed by atoms with Crippen LogP contribution in [0, 0.1) is 5.92 Å². The highest BCUT2D eigenvalue weighted by molar-refractivity contribution is 5.93. The predicted molar refractivity (Wildman–Crippen MR) is 124 cm³/mol. The maximum Gasteiger partial charge on any atom is 0.573 e. The zero-order chi connectivity index (χ0) is 25.3. The normalized spacial score (nSPS) is 12.4. The average molecular weight is 481 g/mol. The Morgan fingerprint density at radius 3 is 2.12 bits per heavy atom. The molecule has 0 fully saturated rings. The van der Waals surface area contributed by atoms with Crippen molar-refractivity contribution in [2.75, 3.05) is 32.5 Å². The van der Waals surface area contributed by atoms with E-state index in [2.05, 4.69) is 15.4 Å². The summed E-state index contributed by atoms with van der Waals surface area (Å²) in [6, 6.07) is 12.9. The number of carbonyl (C=O) groups excluding carboxylic acids is 2. The van der Waals surface area contributed by atoms with Gasteiger partial charge in [-0.3, -0.25) is 4.79 Å². The van der Waals surface area contributed by atoms with Gasteiger partial charge in [0.2, 0.25) is 5.91 Å². The molecule has 0 spiro atoms. The highest BCUT2D eigenvalue weighted by Gasteiger charge is 2.31. The number of rotatable bonds is 10. The minimum Gasteiger partial charge on any atom is -0.406 e. The molecule has 0 saturated carbocycles. The fraction of sp³-hybridized carbons (Fsp3) is 0.417. The highest BCUT2D eigenvalue weighted by atomic mass is 19.4. The summed E-state index contributed by atoms with van der Waals surface area (Å²) in [6.07, 6.45) is -4.80. The summed E-state index contributed by atoms with van der Waals surface area (Å²) in [5.41, 5.74) is 1.23. The number of nitrogens with zero attached hydrogens (tertiary/aromatic N) is 2. The summed E-state index contributed by atoms with van der Waals surface area (Å²) in [7, 11) is 3.84. The lowest BCUT2D eigenvalue weighted by Gasteiger charge is -2.31. The molecule has 10 heteroatoms. The van der Waals surface area contributed by atoms with Gasteiger partial charge >= 0.3 is 12.4 Å². The lowest BCUT2D eigenvalue weighted by Crippen LogP contribution is -2.53. The first-order valence-electron chi connectivity index (χ1n) is 10.9. The number of anilines is 1. The zero-order valence-electron chi connectivity index (χ0n) is 19.7. The second-order valence-corrected chi connectivity index (χ2v) is 8.44. The van der Waals surface area contributed by atoms with E-state index in [1.807, 2.05) is 63.2 Å². The second kappa shape index (κ2) is 12.3. The van der Waals surface area contributed by atoms with Gasteiger partial charge in [-0.1, -0.05) is 44.2 Å². The van der Waals surface area contributed by atoms with E-state index in [9.17, 15) is 22.8 Å². The first-order valence-corrected chi connectivity index (χ1v) is 10.9. The van der Waals surface area contributed by atoms with Crippen LogP contribution in [-0.4, -0.2) is 61.3 Å². The van der Waals surface area contributed by atoms with Crippen LogP contribution in [0.25, 0.3) is 0 Å². The van der Waals surface area contributed by atoms with E-state index in [0.29, 0.717) is 19.6 Å². The van der Waals surface area contributed by atoms with E-state index in [4.69, 9.17) is 0 Å². The molecule has 2 aromatic carbocycles. The number of nitrogens with one attached hydrogen (secondary N) is 2. The standard InChI is InChI=1S/C24H31F3N4O3/c1-17(2)21(22(32)31(15-14-30(3)4)16-18-8-6-5-7-9-18)29-23(33)28-19-10-12-20(13-11-19)34-24(25,26)27/h5-13,17,21H,14-16H2,1-4H3,(H2,28,29,33)/t21-/m0/s1. The Hall–Kier alpha value is -3.27. The van der Waals surface area contributed by atoms with E-state index < -0.39 is 24.2 Å². The topological polar surface area (TPSA) is 73.9 Å². The number of hydrogen-bond acceptors (Lipinski definition) is 4. The molecule has 0 saturated heterocycles. The number of alkyl halides is 3. The summed E-state index contributed by atoms with van der Waals surface area (Å²) < 4.78 is 40.7. The van der Waals surface area contributed by atoms with Gasteiger partial charge in [0.05, 0.1) is 0 Å². The van der Waals surface area contributed by atoms with Crippen LogP contribution in [0.3, 0.4) is 0 Å². The molecule has 1 atom stereocenters. The van der Waals surface area contributed by atoms with Crippen molar-refractivity contribution in [2.24, 2.45) is 5.92 Å². The Labute approximate surface area is 197 Å². The Balaban J connectivity index is 2.08. The third-order valence-corrected chi connectivity index (χ3v) is 4.91. The molecule has 0 unspecified atom stereocenters. The summed E-state index contributed by atoms with van der Waals surface area (Å²) >= 11 is 0. The molecule has 0 aliphatic heterocycles. The van der Waals surface area contributed by atoms with Gasteiger partial charge in [0.1, 0.15) is 11.8 Å². The number of amides is 3. The van der Waals surface area contributed by atoms with Crippen LogP contribution in [0.15, 0.2) is 54.6 Å². The molecule has 0 radical (unpaired) electrons. The van der Waals surface area contributed by atoms with Crippen LogP contribution >= 0.6 is 0 Å². The maximum atomic E-state index is 13.4. The molecule has 2 rings (SSSR count). The molecule has 2 N–H and O–H groups in total. The highest BCUT2D eigenvalue weighted by Crippen LogP contribution is 2.24. The first-order chi connectivity index (χ1) is 15.9. The molecule has 0 bridgehead atoms. The number of carbonyl (C=O) groups is 2. The number of halogens is 3. The smallest absolute Gasteiger partial charge is 0.406 e. The first kappa shape index (κ1) is 27.0. The van der Waals surface area contributed by atoms with Crippen LogP contribution in [-0.2, 0) is 11.3 Å². The van der Waals surface area contributed by atoms with Crippen molar-refractivity contribution in [1.82, 2.24) is 15.1 Å². The van der Waals surface area contributed by atoms with E-state index >= 15 is 0 Å². The van der Waals surface area contributed by atoms with Crippen molar-refractivity contribution >= 4 is 17.6 Å². The van der Waals surface area contributed by atoms with Gasteiger partial charge in [-0.2, -0.15) is 0 Å². The van der Waals surface area contributed by atoms with Crippen LogP contribution in [0.2, 0.25) is 0 Å². The van der Waals surface area contributed by atoms with Crippen LogP contribution in [0.4, 0.5) is 23.7 Å². The lowest BCUT2D eigenvalue weighted by atomic mass is 10.0. The molecule has 7 nitrogen and oxygen atoms in total. The molecule has 34 heavy (non-hydrogen) atoms. The van der Waals surface area contributed by atoms with Gasteiger partial charge in [0.25, 0.3) is 0 Å². The lowest BCUT2D eigenvalue weighted by molar-refractivity contribution is -0.274. The maximum absolute atomic E-state index is 13.4. The Morgan fingerprint density at radius 1 is 0.971 bits per heavy atom. The van der Waals surface area contributed by atoms with Crippen molar-refractivity contribution < 1.29 is 27.5 Å². The predicted octanol–water partition coefficient (Wildman–Crippen LogP) is 4.32. The molecule has 0 heterocycles. The fourth-order valence-electron chi connectivity index (χ4n) is 3.15. The van der Waals surface area contributed by atoms with Crippen molar-refractivity contribution in [3.63, 3.8) is 0 Å². The third kappa shape index (κ3) is 9.30. The molecule has 2 aromatic rings. The van der Waals surface area contributed by atoms with Gasteiger partial charge < -0.3 is 25.2 Å². The Bertz CT molecular complexity index is 919. The van der Waals surface area contributed by atoms with E-state index in [1.165, 1.54) is 12.1 Å². The second-order valence-electron chi connectivity index (χ2n) is 8.44. The zero-order valence-corrected chi connectivity index (χ0v) is 19.7. The molecule has 0 aromatic heterocycles. The SMILES string of the molecule is CC(C)[C@H](NC(=O)Nc1ccc(OC(F)(F)F)cc1)C(=O)N(CCN(C)C)Cc1ccccc1. The molecular weight excluding hydrogens is 449 g/mol. The van der Waals surface area contributed by atoms with Gasteiger partial charge in [0.15, 0.2) is 0 Å². The summed E-state index contributed by atoms with van der Waals surface area (Å²) in [5.74, 6) is -0.811. The molecule has 3 amide bonds. The van der Waals surface area contributed by atoms with Crippen molar-refractivity contribution in [3.05, 3.63) is 60.2 Å². The Kier molecular flexibility index (Phi) is 9.73. The number of urea groups is 1. The number of likely N-dealkylation sites (N-methyl/N-ethyl adjacent to an activating group) is 1. The number of benzene rings is 2. The number of ether oxygens (including phenoxy) is 1. The van der Waals surface area contributed by atoms with Gasteiger partial charge in [-0.05, 0) is 49.8 Å². The average Bonchev–Trinajstić information content (AvgIpc) is 2.75. The largest absolute Gasteiger partial charge is 0.573 e. The minimum atomic E-state index is -4.80. The van der Waals surface area contributed by atoms with Crippen molar-refractivity contribution in [2.45, 2.75) is 32.8 Å². The quantitative estimate of drug-likeness (QED) is 0.531. The number of hydrogen-bond donors (Lipinski definition) is 2. The van der Waals surface area contributed by atoms with E-state index in [1.54, 1.807) is 4.90 Å². The molecule has 186 valence electrons. The fourth-order valence-corrected chi connectivity index (χ4v) is 3.15. The molecule has 0 aliphatic rings. The third-order valence-electron chi connectivity index (χ3n) is 4.91. The monoisotopic (exact) mass is 480 g/mol. The van der Waals surface area contributed by atoms with Crippen LogP contribution in [0.5, 0.6) is 5.75 Å². The van der Waals surface area contributed by atoms with Gasteiger partial charge in [0, 0.05) is 25.3 Å². The summed E-state index contributed by atoms with van der Waals surface area (Å²) in [6.45, 7) is 5.20. The van der Waals surface area contributed by atoms with E-state index in [-0.39, 0.29) is 17.5 Å². The Morgan fingerprint density at radius 2 is 1.59 bits per heavy atom. The molecular formula is C24H31F3N4O3.